The van der Waals surface area contributed by atoms with E-state index >= 15 is 0 Å². The summed E-state index contributed by atoms with van der Waals surface area (Å²) in [5, 5.41) is 9.49. The normalized spacial score (nSPS) is 11.2. The van der Waals surface area contributed by atoms with Crippen molar-refractivity contribution in [3.8, 4) is 11.4 Å². The van der Waals surface area contributed by atoms with Crippen LogP contribution in [0.3, 0.4) is 0 Å². The number of carbonyl (C=O) groups excluding carboxylic acids is 1. The zero-order valence-electron chi connectivity index (χ0n) is 13.2. The van der Waals surface area contributed by atoms with Crippen LogP contribution in [0.25, 0.3) is 27.3 Å². The number of thiophene rings is 1. The van der Waals surface area contributed by atoms with Gasteiger partial charge in [0.2, 0.25) is 0 Å². The van der Waals surface area contributed by atoms with Crippen LogP contribution in [0, 0.1) is 6.92 Å². The van der Waals surface area contributed by atoms with Gasteiger partial charge in [-0.3, -0.25) is 4.40 Å². The van der Waals surface area contributed by atoms with Crippen LogP contribution in [0.15, 0.2) is 36.7 Å². The smallest absolute Gasteiger partial charge is 0.348 e. The number of esters is 1. The fourth-order valence-electron chi connectivity index (χ4n) is 2.71. The highest BCUT2D eigenvalue weighted by molar-refractivity contribution is 7.20. The van der Waals surface area contributed by atoms with Crippen LogP contribution in [0.4, 0.5) is 0 Å². The summed E-state index contributed by atoms with van der Waals surface area (Å²) in [5.74, 6) is 0.405. The molecule has 0 saturated carbocycles. The lowest BCUT2D eigenvalue weighted by atomic mass is 10.2. The summed E-state index contributed by atoms with van der Waals surface area (Å²) in [6, 6.07) is 9.82. The molecule has 3 heterocycles. The molecule has 0 saturated heterocycles. The van der Waals surface area contributed by atoms with Gasteiger partial charge in [-0.1, -0.05) is 30.3 Å². The standard InChI is InChI=1S/C17H14N4O2S/c1-3-23-17(22)13-10(2)12-15-20-19-14(11-7-5-4-6-8-11)21(15)9-18-16(12)24-13/h4-9H,3H2,1-2H3. The Kier molecular flexibility index (Phi) is 3.50. The Hall–Kier alpha value is -2.80. The van der Waals surface area contributed by atoms with Crippen molar-refractivity contribution in [2.75, 3.05) is 6.61 Å². The minimum Gasteiger partial charge on any atom is -0.462 e. The first kappa shape index (κ1) is 14.8. The Morgan fingerprint density at radius 1 is 1.25 bits per heavy atom. The van der Waals surface area contributed by atoms with Gasteiger partial charge in [0.1, 0.15) is 16.0 Å². The van der Waals surface area contributed by atoms with E-state index in [9.17, 15) is 4.79 Å². The van der Waals surface area contributed by atoms with Gasteiger partial charge in [-0.25, -0.2) is 9.78 Å². The van der Waals surface area contributed by atoms with Crippen molar-refractivity contribution in [3.63, 3.8) is 0 Å². The number of hydrogen-bond acceptors (Lipinski definition) is 6. The fourth-order valence-corrected chi connectivity index (χ4v) is 3.75. The zero-order chi connectivity index (χ0) is 16.7. The van der Waals surface area contributed by atoms with Crippen molar-refractivity contribution in [1.82, 2.24) is 19.6 Å². The van der Waals surface area contributed by atoms with Crippen LogP contribution in [-0.4, -0.2) is 32.2 Å². The quantitative estimate of drug-likeness (QED) is 0.535. The third-order valence-electron chi connectivity index (χ3n) is 3.83. The number of fused-ring (bicyclic) bond motifs is 3. The molecule has 6 nitrogen and oxygen atoms in total. The summed E-state index contributed by atoms with van der Waals surface area (Å²) >= 11 is 1.33. The van der Waals surface area contributed by atoms with E-state index in [2.05, 4.69) is 15.2 Å². The lowest BCUT2D eigenvalue weighted by Gasteiger charge is -2.00. The second kappa shape index (κ2) is 5.68. The molecule has 0 bridgehead atoms. The first-order valence-electron chi connectivity index (χ1n) is 7.56. The third-order valence-corrected chi connectivity index (χ3v) is 5.01. The molecule has 0 radical (unpaired) electrons. The summed E-state index contributed by atoms with van der Waals surface area (Å²) in [4.78, 5) is 17.9. The molecule has 7 heteroatoms. The van der Waals surface area contributed by atoms with Gasteiger partial charge in [0, 0.05) is 5.56 Å². The Morgan fingerprint density at radius 3 is 2.79 bits per heavy atom. The topological polar surface area (TPSA) is 69.4 Å². The molecule has 0 aliphatic rings. The molecule has 1 aromatic carbocycles. The molecule has 0 fully saturated rings. The van der Waals surface area contributed by atoms with Gasteiger partial charge in [-0.2, -0.15) is 0 Å². The summed E-state index contributed by atoms with van der Waals surface area (Å²) in [5.41, 5.74) is 2.49. The number of benzene rings is 1. The van der Waals surface area contributed by atoms with E-state index < -0.39 is 0 Å². The molecule has 0 unspecified atom stereocenters. The van der Waals surface area contributed by atoms with E-state index in [0.29, 0.717) is 17.1 Å². The second-order valence-corrected chi connectivity index (χ2v) is 6.28. The van der Waals surface area contributed by atoms with Crippen LogP contribution in [-0.2, 0) is 4.74 Å². The van der Waals surface area contributed by atoms with Crippen LogP contribution in [0.2, 0.25) is 0 Å². The number of aryl methyl sites for hydroxylation is 1. The molecule has 0 aliphatic heterocycles. The van der Waals surface area contributed by atoms with Crippen LogP contribution in [0.5, 0.6) is 0 Å². The minimum atomic E-state index is -0.320. The monoisotopic (exact) mass is 338 g/mol. The Bertz CT molecular complexity index is 1050. The molecule has 0 N–H and O–H groups in total. The fraction of sp³-hybridized carbons (Fsp3) is 0.176. The highest BCUT2D eigenvalue weighted by atomic mass is 32.1. The summed E-state index contributed by atoms with van der Waals surface area (Å²) < 4.78 is 6.98. The first-order chi connectivity index (χ1) is 11.7. The van der Waals surface area contributed by atoms with Gasteiger partial charge in [0.15, 0.2) is 11.5 Å². The van der Waals surface area contributed by atoms with Gasteiger partial charge < -0.3 is 4.74 Å². The minimum absolute atomic E-state index is 0.320. The van der Waals surface area contributed by atoms with Gasteiger partial charge in [-0.05, 0) is 19.4 Å². The molecular formula is C17H14N4O2S. The summed E-state index contributed by atoms with van der Waals surface area (Å²) in [6.45, 7) is 4.03. The third kappa shape index (κ3) is 2.16. The predicted molar refractivity (Wildman–Crippen MR) is 92.3 cm³/mol. The Labute approximate surface area is 141 Å². The molecule has 3 aromatic heterocycles. The number of carbonyl (C=O) groups is 1. The van der Waals surface area contributed by atoms with Crippen molar-refractivity contribution in [1.29, 1.82) is 0 Å². The van der Waals surface area contributed by atoms with Crippen LogP contribution >= 0.6 is 11.3 Å². The number of hydrogen-bond donors (Lipinski definition) is 0. The van der Waals surface area contributed by atoms with Gasteiger partial charge in [0.05, 0.1) is 12.0 Å². The maximum absolute atomic E-state index is 12.1. The van der Waals surface area contributed by atoms with Gasteiger partial charge in [-0.15, -0.1) is 21.5 Å². The highest BCUT2D eigenvalue weighted by Gasteiger charge is 2.21. The molecule has 4 rings (SSSR count). The molecule has 0 spiro atoms. The lowest BCUT2D eigenvalue weighted by Crippen LogP contribution is -2.03. The maximum atomic E-state index is 12.1. The summed E-state index contributed by atoms with van der Waals surface area (Å²) in [6.07, 6.45) is 1.70. The first-order valence-corrected chi connectivity index (χ1v) is 8.37. The Balaban J connectivity index is 1.96. The van der Waals surface area contributed by atoms with Crippen LogP contribution in [0.1, 0.15) is 22.2 Å². The van der Waals surface area contributed by atoms with E-state index in [-0.39, 0.29) is 5.97 Å². The summed E-state index contributed by atoms with van der Waals surface area (Å²) in [7, 11) is 0. The van der Waals surface area contributed by atoms with Gasteiger partial charge in [0.25, 0.3) is 0 Å². The average molecular weight is 338 g/mol. The Morgan fingerprint density at radius 2 is 2.04 bits per heavy atom. The van der Waals surface area contributed by atoms with Crippen molar-refractivity contribution in [2.24, 2.45) is 0 Å². The van der Waals surface area contributed by atoms with Crippen LogP contribution < -0.4 is 0 Å². The number of aromatic nitrogens is 4. The highest BCUT2D eigenvalue weighted by Crippen LogP contribution is 2.33. The van der Waals surface area contributed by atoms with E-state index in [4.69, 9.17) is 4.74 Å². The van der Waals surface area contributed by atoms with Crippen molar-refractivity contribution in [2.45, 2.75) is 13.8 Å². The maximum Gasteiger partial charge on any atom is 0.348 e. The molecule has 120 valence electrons. The van der Waals surface area contributed by atoms with Crippen molar-refractivity contribution in [3.05, 3.63) is 47.1 Å². The van der Waals surface area contributed by atoms with Crippen molar-refractivity contribution >= 4 is 33.2 Å². The van der Waals surface area contributed by atoms with E-state index in [1.165, 1.54) is 11.3 Å². The molecule has 0 atom stereocenters. The molecular weight excluding hydrogens is 324 g/mol. The number of ether oxygens (including phenoxy) is 1. The van der Waals surface area contributed by atoms with Crippen molar-refractivity contribution < 1.29 is 9.53 Å². The largest absolute Gasteiger partial charge is 0.462 e. The number of nitrogens with zero attached hydrogens (tertiary/aromatic N) is 4. The second-order valence-electron chi connectivity index (χ2n) is 5.28. The molecule has 0 amide bonds. The van der Waals surface area contributed by atoms with Gasteiger partial charge >= 0.3 is 5.97 Å². The van der Waals surface area contributed by atoms with E-state index in [1.807, 2.05) is 41.7 Å². The zero-order valence-corrected chi connectivity index (χ0v) is 14.0. The molecule has 0 aliphatic carbocycles. The van der Waals surface area contributed by atoms with E-state index in [1.54, 1.807) is 13.3 Å². The van der Waals surface area contributed by atoms with E-state index in [0.717, 1.165) is 27.2 Å². The predicted octanol–water partition coefficient (Wildman–Crippen LogP) is 3.49. The SMILES string of the molecule is CCOC(=O)c1sc2ncn3c(-c4ccccc4)nnc3c2c1C. The average Bonchev–Trinajstić information content (AvgIpc) is 3.17. The molecule has 4 aromatic rings. The molecule has 24 heavy (non-hydrogen) atoms. The lowest BCUT2D eigenvalue weighted by molar-refractivity contribution is 0.0531. The number of rotatable bonds is 3.